The van der Waals surface area contributed by atoms with Crippen molar-refractivity contribution in [2.75, 3.05) is 12.4 Å². The number of ether oxygens (including phenoxy) is 2. The summed E-state index contributed by atoms with van der Waals surface area (Å²) in [6, 6.07) is 4.56. The topological polar surface area (TPSA) is 18.5 Å². The minimum atomic E-state index is -4.71. The number of methoxy groups -OCH3 is 1. The van der Waals surface area contributed by atoms with Crippen LogP contribution in [0.5, 0.6) is 11.5 Å². The van der Waals surface area contributed by atoms with Crippen LogP contribution in [0.3, 0.4) is 0 Å². The van der Waals surface area contributed by atoms with Gasteiger partial charge in [-0.15, -0.1) is 13.2 Å². The molecule has 1 aromatic carbocycles. The first-order valence-corrected chi connectivity index (χ1v) is 6.07. The minimum Gasteiger partial charge on any atom is -0.493 e. The van der Waals surface area contributed by atoms with Crippen molar-refractivity contribution in [3.63, 3.8) is 0 Å². The van der Waals surface area contributed by atoms with Crippen LogP contribution in [0.15, 0.2) is 18.2 Å². The summed E-state index contributed by atoms with van der Waals surface area (Å²) in [6.07, 6.45) is -3.18. The minimum absolute atomic E-state index is 0.0740. The van der Waals surface area contributed by atoms with E-state index in [2.05, 4.69) is 20.7 Å². The van der Waals surface area contributed by atoms with Gasteiger partial charge in [0.2, 0.25) is 0 Å². The molecule has 0 atom stereocenters. The van der Waals surface area contributed by atoms with Gasteiger partial charge in [0.15, 0.2) is 11.5 Å². The Bertz CT molecular complexity index is 366. The van der Waals surface area contributed by atoms with E-state index in [1.807, 2.05) is 0 Å². The lowest BCUT2D eigenvalue weighted by Crippen LogP contribution is -2.17. The molecule has 0 saturated heterocycles. The van der Waals surface area contributed by atoms with Gasteiger partial charge in [-0.2, -0.15) is 0 Å². The van der Waals surface area contributed by atoms with Crippen LogP contribution >= 0.6 is 15.9 Å². The smallest absolute Gasteiger partial charge is 0.493 e. The van der Waals surface area contributed by atoms with Gasteiger partial charge in [0.05, 0.1) is 7.11 Å². The standard InChI is InChI=1S/C11H12BrF3O2/c1-16-9-5-4-8(3-2-6-12)7-10(9)17-11(13,14)15/h4-5,7H,2-3,6H2,1H3. The van der Waals surface area contributed by atoms with Gasteiger partial charge in [0.1, 0.15) is 0 Å². The first-order valence-electron chi connectivity index (χ1n) is 4.95. The molecule has 0 unspecified atom stereocenters. The fraction of sp³-hybridized carbons (Fsp3) is 0.455. The molecule has 0 N–H and O–H groups in total. The van der Waals surface area contributed by atoms with Crippen LogP contribution in [0.2, 0.25) is 0 Å². The third kappa shape index (κ3) is 4.85. The number of hydrogen-bond donors (Lipinski definition) is 0. The summed E-state index contributed by atoms with van der Waals surface area (Å²) in [6.45, 7) is 0. The molecule has 0 aliphatic heterocycles. The van der Waals surface area contributed by atoms with Gasteiger partial charge in [0, 0.05) is 5.33 Å². The summed E-state index contributed by atoms with van der Waals surface area (Å²) in [7, 11) is 1.30. The highest BCUT2D eigenvalue weighted by molar-refractivity contribution is 9.09. The molecule has 1 aromatic rings. The summed E-state index contributed by atoms with van der Waals surface area (Å²) in [5.41, 5.74) is 0.782. The summed E-state index contributed by atoms with van der Waals surface area (Å²) >= 11 is 3.27. The molecule has 0 radical (unpaired) electrons. The molecule has 2 nitrogen and oxygen atoms in total. The number of aryl methyl sites for hydroxylation is 1. The summed E-state index contributed by atoms with van der Waals surface area (Å²) in [4.78, 5) is 0. The van der Waals surface area contributed by atoms with Crippen molar-refractivity contribution in [1.29, 1.82) is 0 Å². The third-order valence-corrected chi connectivity index (χ3v) is 2.61. The quantitative estimate of drug-likeness (QED) is 0.767. The van der Waals surface area contributed by atoms with Gasteiger partial charge in [-0.1, -0.05) is 22.0 Å². The van der Waals surface area contributed by atoms with Crippen molar-refractivity contribution in [3.8, 4) is 11.5 Å². The predicted octanol–water partition coefficient (Wildman–Crippen LogP) is 3.92. The molecule has 0 heterocycles. The number of alkyl halides is 4. The normalized spacial score (nSPS) is 11.4. The SMILES string of the molecule is COc1ccc(CCCBr)cc1OC(F)(F)F. The van der Waals surface area contributed by atoms with Crippen LogP contribution in [-0.4, -0.2) is 18.8 Å². The van der Waals surface area contributed by atoms with Gasteiger partial charge in [-0.25, -0.2) is 0 Å². The highest BCUT2D eigenvalue weighted by Crippen LogP contribution is 2.33. The van der Waals surface area contributed by atoms with Crippen molar-refractivity contribution >= 4 is 15.9 Å². The molecule has 0 aliphatic carbocycles. The van der Waals surface area contributed by atoms with Crippen molar-refractivity contribution in [2.45, 2.75) is 19.2 Å². The number of benzene rings is 1. The zero-order valence-electron chi connectivity index (χ0n) is 9.18. The van der Waals surface area contributed by atoms with E-state index in [4.69, 9.17) is 4.74 Å². The second kappa shape index (κ2) is 6.14. The van der Waals surface area contributed by atoms with Crippen LogP contribution < -0.4 is 9.47 Å². The molecule has 1 rings (SSSR count). The lowest BCUT2D eigenvalue weighted by molar-refractivity contribution is -0.275. The molecule has 0 bridgehead atoms. The Morgan fingerprint density at radius 2 is 1.94 bits per heavy atom. The van der Waals surface area contributed by atoms with Crippen LogP contribution in [0.25, 0.3) is 0 Å². The second-order valence-electron chi connectivity index (χ2n) is 3.33. The number of rotatable bonds is 5. The number of hydrogen-bond acceptors (Lipinski definition) is 2. The second-order valence-corrected chi connectivity index (χ2v) is 4.12. The fourth-order valence-electron chi connectivity index (χ4n) is 1.35. The zero-order chi connectivity index (χ0) is 12.9. The van der Waals surface area contributed by atoms with Crippen molar-refractivity contribution in [3.05, 3.63) is 23.8 Å². The number of halogens is 4. The first-order chi connectivity index (χ1) is 7.96. The molecule has 0 fully saturated rings. The van der Waals surface area contributed by atoms with Gasteiger partial charge in [0.25, 0.3) is 0 Å². The van der Waals surface area contributed by atoms with Crippen LogP contribution in [0.1, 0.15) is 12.0 Å². The summed E-state index contributed by atoms with van der Waals surface area (Å²) in [5.74, 6) is -0.225. The van der Waals surface area contributed by atoms with Gasteiger partial charge in [-0.3, -0.25) is 0 Å². The van der Waals surface area contributed by atoms with E-state index < -0.39 is 6.36 Å². The first kappa shape index (κ1) is 14.2. The van der Waals surface area contributed by atoms with E-state index in [0.717, 1.165) is 17.3 Å². The van der Waals surface area contributed by atoms with Gasteiger partial charge >= 0.3 is 6.36 Å². The monoisotopic (exact) mass is 312 g/mol. The lowest BCUT2D eigenvalue weighted by Gasteiger charge is -2.13. The van der Waals surface area contributed by atoms with E-state index in [1.165, 1.54) is 19.2 Å². The maximum atomic E-state index is 12.2. The molecular formula is C11H12BrF3O2. The van der Waals surface area contributed by atoms with E-state index in [-0.39, 0.29) is 11.5 Å². The molecule has 96 valence electrons. The fourth-order valence-corrected chi connectivity index (χ4v) is 1.63. The van der Waals surface area contributed by atoms with E-state index in [0.29, 0.717) is 6.42 Å². The predicted molar refractivity (Wildman–Crippen MR) is 61.8 cm³/mol. The highest BCUT2D eigenvalue weighted by Gasteiger charge is 2.32. The van der Waals surface area contributed by atoms with Crippen molar-refractivity contribution < 1.29 is 22.6 Å². The van der Waals surface area contributed by atoms with Crippen LogP contribution in [0, 0.1) is 0 Å². The molecule has 0 spiro atoms. The van der Waals surface area contributed by atoms with Crippen LogP contribution in [0.4, 0.5) is 13.2 Å². The molecule has 0 aromatic heterocycles. The Kier molecular flexibility index (Phi) is 5.11. The lowest BCUT2D eigenvalue weighted by atomic mass is 10.1. The maximum Gasteiger partial charge on any atom is 0.573 e. The van der Waals surface area contributed by atoms with Gasteiger partial charge < -0.3 is 9.47 Å². The Morgan fingerprint density at radius 3 is 2.47 bits per heavy atom. The van der Waals surface area contributed by atoms with Crippen molar-refractivity contribution in [1.82, 2.24) is 0 Å². The largest absolute Gasteiger partial charge is 0.573 e. The molecule has 6 heteroatoms. The summed E-state index contributed by atoms with van der Waals surface area (Å²) in [5, 5.41) is 0.800. The Hall–Kier alpha value is -0.910. The van der Waals surface area contributed by atoms with Gasteiger partial charge in [-0.05, 0) is 30.5 Å². The maximum absolute atomic E-state index is 12.2. The van der Waals surface area contributed by atoms with E-state index in [9.17, 15) is 13.2 Å². The average Bonchev–Trinajstić information content (AvgIpc) is 2.24. The zero-order valence-corrected chi connectivity index (χ0v) is 10.8. The molecule has 0 saturated carbocycles. The molecule has 17 heavy (non-hydrogen) atoms. The van der Waals surface area contributed by atoms with Crippen LogP contribution in [-0.2, 0) is 6.42 Å². The molecule has 0 amide bonds. The average molecular weight is 313 g/mol. The Labute approximate surface area is 106 Å². The van der Waals surface area contributed by atoms with E-state index in [1.54, 1.807) is 6.07 Å². The Balaban J connectivity index is 2.90. The van der Waals surface area contributed by atoms with Crippen molar-refractivity contribution in [2.24, 2.45) is 0 Å². The summed E-state index contributed by atoms with van der Waals surface area (Å²) < 4.78 is 45.2. The highest BCUT2D eigenvalue weighted by atomic mass is 79.9. The third-order valence-electron chi connectivity index (χ3n) is 2.05. The molecule has 0 aliphatic rings. The molecular weight excluding hydrogens is 301 g/mol. The van der Waals surface area contributed by atoms with E-state index >= 15 is 0 Å². The Morgan fingerprint density at radius 1 is 1.24 bits per heavy atom.